The van der Waals surface area contributed by atoms with E-state index in [9.17, 15) is 18.0 Å². The Hall–Kier alpha value is -2.09. The summed E-state index contributed by atoms with van der Waals surface area (Å²) >= 11 is 0. The molecule has 1 N–H and O–H groups in total. The lowest BCUT2D eigenvalue weighted by Crippen LogP contribution is -2.38. The van der Waals surface area contributed by atoms with Gasteiger partial charge in [-0.25, -0.2) is 8.42 Å². The first-order valence-electron chi connectivity index (χ1n) is 10.6. The predicted molar refractivity (Wildman–Crippen MR) is 113 cm³/mol. The number of anilines is 2. The number of carbonyl (C=O) groups is 2. The first-order chi connectivity index (χ1) is 13.9. The molecule has 3 aliphatic rings. The van der Waals surface area contributed by atoms with Gasteiger partial charge in [0.1, 0.15) is 0 Å². The summed E-state index contributed by atoms with van der Waals surface area (Å²) in [7, 11) is -3.06. The smallest absolute Gasteiger partial charge is 0.229 e. The number of hydrogen-bond donors (Lipinski definition) is 1. The van der Waals surface area contributed by atoms with Gasteiger partial charge in [0.05, 0.1) is 28.8 Å². The van der Waals surface area contributed by atoms with Crippen molar-refractivity contribution in [3.8, 4) is 0 Å². The van der Waals surface area contributed by atoms with Gasteiger partial charge in [0, 0.05) is 32.1 Å². The van der Waals surface area contributed by atoms with Gasteiger partial charge in [0.2, 0.25) is 11.8 Å². The fraction of sp³-hybridized carbons (Fsp3) is 0.619. The first-order valence-corrected chi connectivity index (χ1v) is 12.4. The number of para-hydroxylation sites is 2. The standard InChI is InChI=1S/C21H29N3O4S/c25-20-13-16(14-24(20)17-9-12-29(27,28)15-17)21(26)22-18-7-3-4-8-19(18)23-10-5-1-2-6-11-23/h3-4,7-8,16-17H,1-2,5-6,9-15H2,(H,22,26)/t16-,17+/m1/s1. The number of sulfone groups is 1. The Balaban J connectivity index is 1.43. The van der Waals surface area contributed by atoms with Gasteiger partial charge >= 0.3 is 0 Å². The molecule has 7 nitrogen and oxygen atoms in total. The molecule has 1 aromatic rings. The summed E-state index contributed by atoms with van der Waals surface area (Å²) in [6, 6.07) is 7.56. The monoisotopic (exact) mass is 419 g/mol. The zero-order valence-corrected chi connectivity index (χ0v) is 17.5. The molecule has 0 aromatic heterocycles. The van der Waals surface area contributed by atoms with Crippen molar-refractivity contribution in [3.63, 3.8) is 0 Å². The molecule has 1 aromatic carbocycles. The normalized spacial score (nSPS) is 27.1. The van der Waals surface area contributed by atoms with Gasteiger partial charge in [-0.3, -0.25) is 9.59 Å². The third kappa shape index (κ3) is 4.57. The van der Waals surface area contributed by atoms with Crippen LogP contribution in [0, 0.1) is 5.92 Å². The van der Waals surface area contributed by atoms with Crippen LogP contribution in [0.4, 0.5) is 11.4 Å². The molecule has 4 rings (SSSR count). The molecule has 3 saturated heterocycles. The third-order valence-electron chi connectivity index (χ3n) is 6.29. The van der Waals surface area contributed by atoms with Gasteiger partial charge in [0.25, 0.3) is 0 Å². The molecule has 3 aliphatic heterocycles. The average Bonchev–Trinajstić information content (AvgIpc) is 3.12. The van der Waals surface area contributed by atoms with E-state index in [1.54, 1.807) is 4.90 Å². The highest BCUT2D eigenvalue weighted by molar-refractivity contribution is 7.91. The van der Waals surface area contributed by atoms with Crippen LogP contribution in [0.5, 0.6) is 0 Å². The summed E-state index contributed by atoms with van der Waals surface area (Å²) in [6.07, 6.45) is 5.40. The number of nitrogens with one attached hydrogen (secondary N) is 1. The van der Waals surface area contributed by atoms with Crippen LogP contribution in [-0.4, -0.2) is 62.3 Å². The molecule has 2 amide bonds. The molecular formula is C21H29N3O4S. The van der Waals surface area contributed by atoms with Crippen molar-refractivity contribution in [2.24, 2.45) is 5.92 Å². The quantitative estimate of drug-likeness (QED) is 0.807. The lowest BCUT2D eigenvalue weighted by atomic mass is 10.1. The van der Waals surface area contributed by atoms with Crippen molar-refractivity contribution in [3.05, 3.63) is 24.3 Å². The molecule has 2 atom stereocenters. The van der Waals surface area contributed by atoms with Gasteiger partial charge in [-0.15, -0.1) is 0 Å². The Morgan fingerprint density at radius 1 is 1.07 bits per heavy atom. The minimum absolute atomic E-state index is 0.0187. The highest BCUT2D eigenvalue weighted by Gasteiger charge is 2.42. The maximum atomic E-state index is 12.9. The molecule has 0 unspecified atom stereocenters. The maximum Gasteiger partial charge on any atom is 0.229 e. The summed E-state index contributed by atoms with van der Waals surface area (Å²) < 4.78 is 23.5. The molecule has 158 valence electrons. The van der Waals surface area contributed by atoms with E-state index in [0.717, 1.165) is 37.3 Å². The van der Waals surface area contributed by atoms with Gasteiger partial charge in [-0.2, -0.15) is 0 Å². The zero-order valence-electron chi connectivity index (χ0n) is 16.7. The highest BCUT2D eigenvalue weighted by atomic mass is 32.2. The number of amides is 2. The summed E-state index contributed by atoms with van der Waals surface area (Å²) in [5.74, 6) is -0.577. The Kier molecular flexibility index (Phi) is 5.81. The average molecular weight is 420 g/mol. The van der Waals surface area contributed by atoms with E-state index in [2.05, 4.69) is 10.2 Å². The van der Waals surface area contributed by atoms with E-state index in [0.29, 0.717) is 13.0 Å². The number of benzene rings is 1. The molecular weight excluding hydrogens is 390 g/mol. The molecule has 0 radical (unpaired) electrons. The predicted octanol–water partition coefficient (Wildman–Crippen LogP) is 2.04. The van der Waals surface area contributed by atoms with Crippen molar-refractivity contribution in [2.75, 3.05) is 41.4 Å². The van der Waals surface area contributed by atoms with Crippen LogP contribution in [-0.2, 0) is 19.4 Å². The fourth-order valence-corrected chi connectivity index (χ4v) is 6.41. The molecule has 0 saturated carbocycles. The molecule has 3 fully saturated rings. The van der Waals surface area contributed by atoms with Crippen LogP contribution in [0.3, 0.4) is 0 Å². The van der Waals surface area contributed by atoms with E-state index >= 15 is 0 Å². The van der Waals surface area contributed by atoms with Crippen LogP contribution < -0.4 is 10.2 Å². The van der Waals surface area contributed by atoms with Crippen molar-refractivity contribution in [2.45, 2.75) is 44.6 Å². The van der Waals surface area contributed by atoms with Gasteiger partial charge in [-0.05, 0) is 31.4 Å². The lowest BCUT2D eigenvalue weighted by Gasteiger charge is -2.26. The first kappa shape index (κ1) is 20.2. The number of nitrogens with zero attached hydrogens (tertiary/aromatic N) is 2. The number of carbonyl (C=O) groups excluding carboxylic acids is 2. The third-order valence-corrected chi connectivity index (χ3v) is 8.04. The minimum atomic E-state index is -3.06. The van der Waals surface area contributed by atoms with Crippen molar-refractivity contribution >= 4 is 33.0 Å². The number of likely N-dealkylation sites (tertiary alicyclic amines) is 1. The van der Waals surface area contributed by atoms with E-state index in [1.165, 1.54) is 12.8 Å². The molecule has 0 bridgehead atoms. The Labute approximate surface area is 172 Å². The van der Waals surface area contributed by atoms with Crippen LogP contribution in [0.1, 0.15) is 38.5 Å². The van der Waals surface area contributed by atoms with Crippen molar-refractivity contribution in [1.29, 1.82) is 0 Å². The van der Waals surface area contributed by atoms with Crippen molar-refractivity contribution in [1.82, 2.24) is 4.90 Å². The Bertz CT molecular complexity index is 878. The number of hydrogen-bond acceptors (Lipinski definition) is 5. The second kappa shape index (κ2) is 8.34. The molecule has 8 heteroatoms. The van der Waals surface area contributed by atoms with Crippen LogP contribution in [0.2, 0.25) is 0 Å². The number of rotatable bonds is 4. The molecule has 3 heterocycles. The van der Waals surface area contributed by atoms with Crippen LogP contribution in [0.15, 0.2) is 24.3 Å². The van der Waals surface area contributed by atoms with Gasteiger partial charge < -0.3 is 15.1 Å². The second-order valence-electron chi connectivity index (χ2n) is 8.41. The van der Waals surface area contributed by atoms with Gasteiger partial charge in [0.15, 0.2) is 9.84 Å². The van der Waals surface area contributed by atoms with Crippen LogP contribution in [0.25, 0.3) is 0 Å². The van der Waals surface area contributed by atoms with E-state index in [4.69, 9.17) is 0 Å². The lowest BCUT2D eigenvalue weighted by molar-refractivity contribution is -0.129. The Morgan fingerprint density at radius 2 is 1.79 bits per heavy atom. The summed E-state index contributed by atoms with van der Waals surface area (Å²) in [4.78, 5) is 29.3. The van der Waals surface area contributed by atoms with E-state index in [-0.39, 0.29) is 35.8 Å². The maximum absolute atomic E-state index is 12.9. The molecule has 0 spiro atoms. The Morgan fingerprint density at radius 3 is 2.48 bits per heavy atom. The largest absolute Gasteiger partial charge is 0.370 e. The van der Waals surface area contributed by atoms with E-state index in [1.807, 2.05) is 24.3 Å². The second-order valence-corrected chi connectivity index (χ2v) is 10.6. The topological polar surface area (TPSA) is 86.8 Å². The molecule has 0 aliphatic carbocycles. The van der Waals surface area contributed by atoms with E-state index < -0.39 is 15.8 Å². The van der Waals surface area contributed by atoms with Gasteiger partial charge in [-0.1, -0.05) is 25.0 Å². The van der Waals surface area contributed by atoms with Crippen molar-refractivity contribution < 1.29 is 18.0 Å². The summed E-state index contributed by atoms with van der Waals surface area (Å²) in [5.41, 5.74) is 1.82. The summed E-state index contributed by atoms with van der Waals surface area (Å²) in [6.45, 7) is 2.27. The fourth-order valence-electron chi connectivity index (χ4n) is 4.68. The minimum Gasteiger partial charge on any atom is -0.370 e. The zero-order chi connectivity index (χ0) is 20.4. The SMILES string of the molecule is O=C(Nc1ccccc1N1CCCCCC1)[C@@H]1CC(=O)N([C@H]2CCS(=O)(=O)C2)C1. The highest BCUT2D eigenvalue weighted by Crippen LogP contribution is 2.30. The molecule has 29 heavy (non-hydrogen) atoms. The van der Waals surface area contributed by atoms with Crippen LogP contribution >= 0.6 is 0 Å². The summed E-state index contributed by atoms with van der Waals surface area (Å²) in [5, 5.41) is 3.04.